The Morgan fingerprint density at radius 1 is 1.21 bits per heavy atom. The number of allylic oxidation sites excluding steroid dienone is 3. The van der Waals surface area contributed by atoms with Crippen molar-refractivity contribution in [1.82, 2.24) is 4.48 Å². The summed E-state index contributed by atoms with van der Waals surface area (Å²) in [5.41, 5.74) is 10.7. The maximum Gasteiger partial charge on any atom is 0.573 e. The van der Waals surface area contributed by atoms with Crippen LogP contribution in [0.5, 0.6) is 5.75 Å². The summed E-state index contributed by atoms with van der Waals surface area (Å²) >= 11 is 0. The molecule has 150 valence electrons. The standard InChI is InChI=1S/C21H21BF3N3O/c1-14-13-16(9-8-15-5-2-3-7-19(15)29-21(23,24)25)27-20(14)17(10-11-26)18-6-4-12-28(18)22/h2-9,12-13H,10-11,22,26H2,1H3/b9-8+,20-17-. The van der Waals surface area contributed by atoms with E-state index < -0.39 is 6.36 Å². The van der Waals surface area contributed by atoms with Crippen LogP contribution in [0.15, 0.2) is 71.0 Å². The smallest absolute Gasteiger partial charge is 0.405 e. The Kier molecular flexibility index (Phi) is 6.13. The molecule has 0 fully saturated rings. The first kappa shape index (κ1) is 20.7. The van der Waals surface area contributed by atoms with Gasteiger partial charge in [0.25, 0.3) is 0 Å². The van der Waals surface area contributed by atoms with Crippen LogP contribution in [0.25, 0.3) is 11.6 Å². The molecule has 0 amide bonds. The molecule has 1 aromatic heterocycles. The largest absolute Gasteiger partial charge is 0.573 e. The molecule has 2 N–H and O–H groups in total. The van der Waals surface area contributed by atoms with Crippen molar-refractivity contribution in [1.29, 1.82) is 0 Å². The van der Waals surface area contributed by atoms with E-state index in [4.69, 9.17) is 5.73 Å². The van der Waals surface area contributed by atoms with Gasteiger partial charge in [-0.3, -0.25) is 0 Å². The molecule has 0 saturated heterocycles. The molecule has 0 unspecified atom stereocenters. The van der Waals surface area contributed by atoms with Crippen LogP contribution in [0.1, 0.15) is 24.6 Å². The third-order valence-corrected chi connectivity index (χ3v) is 4.49. The highest BCUT2D eigenvalue weighted by atomic mass is 19.4. The van der Waals surface area contributed by atoms with Gasteiger partial charge < -0.3 is 14.9 Å². The Labute approximate surface area is 168 Å². The molecule has 2 aromatic rings. The van der Waals surface area contributed by atoms with Crippen LogP contribution in [0.2, 0.25) is 0 Å². The Hall–Kier alpha value is -3.00. The van der Waals surface area contributed by atoms with Crippen molar-refractivity contribution < 1.29 is 17.9 Å². The van der Waals surface area contributed by atoms with E-state index in [9.17, 15) is 13.2 Å². The third kappa shape index (κ3) is 5.09. The van der Waals surface area contributed by atoms with Gasteiger partial charge in [-0.15, -0.1) is 13.2 Å². The van der Waals surface area contributed by atoms with Crippen LogP contribution in [0, 0.1) is 0 Å². The van der Waals surface area contributed by atoms with Crippen molar-refractivity contribution in [2.75, 3.05) is 6.54 Å². The van der Waals surface area contributed by atoms with E-state index in [0.717, 1.165) is 22.5 Å². The van der Waals surface area contributed by atoms with Gasteiger partial charge >= 0.3 is 6.36 Å². The predicted octanol–water partition coefficient (Wildman–Crippen LogP) is 3.96. The predicted molar refractivity (Wildman–Crippen MR) is 112 cm³/mol. The van der Waals surface area contributed by atoms with Crippen molar-refractivity contribution in [3.63, 3.8) is 0 Å². The summed E-state index contributed by atoms with van der Waals surface area (Å²) in [4.78, 5) is 4.69. The number of hydrogen-bond donors (Lipinski definition) is 1. The van der Waals surface area contributed by atoms with Crippen molar-refractivity contribution >= 4 is 25.3 Å². The number of alkyl halides is 3. The van der Waals surface area contributed by atoms with E-state index in [0.29, 0.717) is 24.2 Å². The molecule has 1 aliphatic heterocycles. The number of nitrogens with two attached hydrogens (primary N) is 1. The van der Waals surface area contributed by atoms with Gasteiger partial charge in [-0.25, -0.2) is 4.99 Å². The molecule has 0 aliphatic carbocycles. The number of para-hydroxylation sites is 1. The minimum atomic E-state index is -4.74. The molecule has 8 heteroatoms. The lowest BCUT2D eigenvalue weighted by Crippen LogP contribution is -2.17. The van der Waals surface area contributed by atoms with Gasteiger partial charge in [-0.1, -0.05) is 18.2 Å². The SMILES string of the molecule is Bn1cccc1/C(CCN)=C1N=C(/C=C/c2ccccc2OC(F)(F)F)C=C\1C. The zero-order valence-corrected chi connectivity index (χ0v) is 16.2. The second-order valence-corrected chi connectivity index (χ2v) is 6.65. The highest BCUT2D eigenvalue weighted by Crippen LogP contribution is 2.31. The fourth-order valence-electron chi connectivity index (χ4n) is 3.23. The summed E-state index contributed by atoms with van der Waals surface area (Å²) in [7, 11) is 1.96. The fourth-order valence-corrected chi connectivity index (χ4v) is 3.23. The van der Waals surface area contributed by atoms with Gasteiger partial charge in [-0.05, 0) is 68.1 Å². The minimum Gasteiger partial charge on any atom is -0.405 e. The number of benzene rings is 1. The first-order valence-electron chi connectivity index (χ1n) is 9.13. The molecule has 1 aliphatic rings. The lowest BCUT2D eigenvalue weighted by molar-refractivity contribution is -0.274. The van der Waals surface area contributed by atoms with Crippen molar-refractivity contribution in [3.05, 3.63) is 77.3 Å². The summed E-state index contributed by atoms with van der Waals surface area (Å²) in [5, 5.41) is 0. The maximum absolute atomic E-state index is 12.6. The third-order valence-electron chi connectivity index (χ3n) is 4.49. The molecule has 4 nitrogen and oxygen atoms in total. The molecule has 0 atom stereocenters. The second-order valence-electron chi connectivity index (χ2n) is 6.65. The molecular formula is C21H21BF3N3O. The molecule has 0 bridgehead atoms. The Balaban J connectivity index is 1.93. The van der Waals surface area contributed by atoms with Crippen LogP contribution in [0.4, 0.5) is 13.2 Å². The van der Waals surface area contributed by atoms with E-state index in [-0.39, 0.29) is 5.75 Å². The van der Waals surface area contributed by atoms with Crippen LogP contribution < -0.4 is 10.5 Å². The maximum atomic E-state index is 12.6. The summed E-state index contributed by atoms with van der Waals surface area (Å²) in [6.45, 7) is 2.44. The summed E-state index contributed by atoms with van der Waals surface area (Å²) < 4.78 is 43.9. The van der Waals surface area contributed by atoms with Gasteiger partial charge in [0.05, 0.1) is 11.4 Å². The molecule has 29 heavy (non-hydrogen) atoms. The Morgan fingerprint density at radius 3 is 2.62 bits per heavy atom. The second kappa shape index (κ2) is 8.57. The first-order chi connectivity index (χ1) is 13.8. The minimum absolute atomic E-state index is 0.251. The number of ether oxygens (including phenoxy) is 1. The average Bonchev–Trinajstić information content (AvgIpc) is 3.23. The Bertz CT molecular complexity index is 1020. The topological polar surface area (TPSA) is 52.5 Å². The summed E-state index contributed by atoms with van der Waals surface area (Å²) in [6, 6.07) is 9.97. The van der Waals surface area contributed by atoms with Gasteiger partial charge in [0, 0.05) is 16.8 Å². The monoisotopic (exact) mass is 399 g/mol. The van der Waals surface area contributed by atoms with E-state index in [1.165, 1.54) is 12.1 Å². The van der Waals surface area contributed by atoms with Crippen molar-refractivity contribution in [3.8, 4) is 5.75 Å². The van der Waals surface area contributed by atoms with Crippen LogP contribution in [-0.4, -0.2) is 31.1 Å². The molecule has 1 aromatic carbocycles. The Morgan fingerprint density at radius 2 is 1.97 bits per heavy atom. The average molecular weight is 399 g/mol. The number of aromatic nitrogens is 1. The number of hydrogen-bond acceptors (Lipinski definition) is 3. The fraction of sp³-hybridized carbons (Fsp3) is 0.190. The number of nitrogens with zero attached hydrogens (tertiary/aromatic N) is 2. The van der Waals surface area contributed by atoms with Gasteiger partial charge in [0.1, 0.15) is 5.75 Å². The zero-order chi connectivity index (χ0) is 21.0. The first-order valence-corrected chi connectivity index (χ1v) is 9.13. The molecule has 0 saturated carbocycles. The molecule has 2 heterocycles. The molecule has 0 radical (unpaired) electrons. The van der Waals surface area contributed by atoms with E-state index in [1.807, 2.05) is 43.8 Å². The number of rotatable bonds is 6. The number of aliphatic imine (C=N–C) groups is 1. The van der Waals surface area contributed by atoms with Crippen LogP contribution >= 0.6 is 0 Å². The molecular weight excluding hydrogens is 378 g/mol. The van der Waals surface area contributed by atoms with E-state index in [2.05, 4.69) is 9.73 Å². The lowest BCUT2D eigenvalue weighted by Gasteiger charge is -2.12. The van der Waals surface area contributed by atoms with Gasteiger partial charge in [0.2, 0.25) is 7.98 Å². The lowest BCUT2D eigenvalue weighted by atomic mass is 10.0. The highest BCUT2D eigenvalue weighted by Gasteiger charge is 2.31. The van der Waals surface area contributed by atoms with Crippen molar-refractivity contribution in [2.45, 2.75) is 19.7 Å². The van der Waals surface area contributed by atoms with Crippen LogP contribution in [0.3, 0.4) is 0 Å². The highest BCUT2D eigenvalue weighted by molar-refractivity contribution is 6.11. The quantitative estimate of drug-likeness (QED) is 0.748. The van der Waals surface area contributed by atoms with E-state index in [1.54, 1.807) is 24.3 Å². The normalized spacial score (nSPS) is 16.2. The van der Waals surface area contributed by atoms with Crippen LogP contribution in [-0.2, 0) is 0 Å². The van der Waals surface area contributed by atoms with Gasteiger partial charge in [-0.2, -0.15) is 0 Å². The molecule has 0 spiro atoms. The number of halogens is 3. The van der Waals surface area contributed by atoms with E-state index >= 15 is 0 Å². The zero-order valence-electron chi connectivity index (χ0n) is 16.2. The summed E-state index contributed by atoms with van der Waals surface area (Å²) in [5.74, 6) is -0.251. The van der Waals surface area contributed by atoms with Gasteiger partial charge in [0.15, 0.2) is 0 Å². The summed E-state index contributed by atoms with van der Waals surface area (Å²) in [6.07, 6.45) is 3.04. The molecule has 3 rings (SSSR count). The van der Waals surface area contributed by atoms with Crippen molar-refractivity contribution in [2.24, 2.45) is 10.7 Å².